The van der Waals surface area contributed by atoms with Gasteiger partial charge >= 0.3 is 6.03 Å². The van der Waals surface area contributed by atoms with Crippen LogP contribution in [0.1, 0.15) is 11.1 Å². The number of pyridine rings is 1. The van der Waals surface area contributed by atoms with Crippen LogP contribution in [0.3, 0.4) is 0 Å². The highest BCUT2D eigenvalue weighted by molar-refractivity contribution is 9.10. The highest BCUT2D eigenvalue weighted by atomic mass is 79.9. The summed E-state index contributed by atoms with van der Waals surface area (Å²) in [5, 5.41) is 5.56. The number of anilines is 1. The van der Waals surface area contributed by atoms with E-state index in [1.54, 1.807) is 6.20 Å². The lowest BCUT2D eigenvalue weighted by atomic mass is 10.1. The number of hydrogen-bond acceptors (Lipinski definition) is 2. The summed E-state index contributed by atoms with van der Waals surface area (Å²) in [4.78, 5) is 15.9. The van der Waals surface area contributed by atoms with Crippen LogP contribution in [-0.2, 0) is 6.42 Å². The van der Waals surface area contributed by atoms with Gasteiger partial charge in [0.05, 0.1) is 0 Å². The zero-order valence-electron chi connectivity index (χ0n) is 11.2. The van der Waals surface area contributed by atoms with Crippen LogP contribution in [0.15, 0.2) is 47.1 Å². The second kappa shape index (κ2) is 7.05. The SMILES string of the molecule is Cc1cccnc1NC(=O)NCCc1ccc(Br)cc1. The molecule has 2 rings (SSSR count). The Labute approximate surface area is 126 Å². The number of halogens is 1. The molecule has 0 radical (unpaired) electrons. The Bertz CT molecular complexity index is 584. The van der Waals surface area contributed by atoms with Gasteiger partial charge in [0.25, 0.3) is 0 Å². The summed E-state index contributed by atoms with van der Waals surface area (Å²) in [5.74, 6) is 0.591. The van der Waals surface area contributed by atoms with Gasteiger partial charge in [-0.05, 0) is 42.7 Å². The maximum absolute atomic E-state index is 11.7. The lowest BCUT2D eigenvalue weighted by Gasteiger charge is -2.08. The Kier molecular flexibility index (Phi) is 5.12. The van der Waals surface area contributed by atoms with Crippen LogP contribution >= 0.6 is 15.9 Å². The number of aryl methyl sites for hydroxylation is 1. The van der Waals surface area contributed by atoms with E-state index in [0.29, 0.717) is 12.4 Å². The first-order valence-electron chi connectivity index (χ1n) is 6.36. The van der Waals surface area contributed by atoms with Crippen molar-refractivity contribution in [1.29, 1.82) is 0 Å². The lowest BCUT2D eigenvalue weighted by molar-refractivity contribution is 0.252. The number of urea groups is 1. The Hall–Kier alpha value is -1.88. The number of carbonyl (C=O) groups is 1. The predicted molar refractivity (Wildman–Crippen MR) is 83.8 cm³/mol. The van der Waals surface area contributed by atoms with Crippen molar-refractivity contribution < 1.29 is 4.79 Å². The number of amides is 2. The Morgan fingerprint density at radius 3 is 2.70 bits per heavy atom. The largest absolute Gasteiger partial charge is 0.337 e. The van der Waals surface area contributed by atoms with Crippen molar-refractivity contribution in [2.24, 2.45) is 0 Å². The summed E-state index contributed by atoms with van der Waals surface area (Å²) >= 11 is 3.39. The summed E-state index contributed by atoms with van der Waals surface area (Å²) in [6.45, 7) is 2.49. The van der Waals surface area contributed by atoms with Crippen molar-refractivity contribution >= 4 is 27.8 Å². The summed E-state index contributed by atoms with van der Waals surface area (Å²) < 4.78 is 1.05. The fourth-order valence-corrected chi connectivity index (χ4v) is 2.00. The highest BCUT2D eigenvalue weighted by Gasteiger charge is 2.04. The van der Waals surface area contributed by atoms with Gasteiger partial charge in [-0.25, -0.2) is 9.78 Å². The molecule has 20 heavy (non-hydrogen) atoms. The third kappa shape index (κ3) is 4.35. The Balaban J connectivity index is 1.78. The molecule has 0 aliphatic rings. The number of nitrogens with zero attached hydrogens (tertiary/aromatic N) is 1. The number of hydrogen-bond donors (Lipinski definition) is 2. The van der Waals surface area contributed by atoms with E-state index in [9.17, 15) is 4.79 Å². The minimum absolute atomic E-state index is 0.232. The van der Waals surface area contributed by atoms with Crippen molar-refractivity contribution in [2.45, 2.75) is 13.3 Å². The maximum Gasteiger partial charge on any atom is 0.320 e. The van der Waals surface area contributed by atoms with Crippen LogP contribution in [-0.4, -0.2) is 17.6 Å². The van der Waals surface area contributed by atoms with Crippen LogP contribution in [0.25, 0.3) is 0 Å². The van der Waals surface area contributed by atoms with E-state index >= 15 is 0 Å². The molecule has 0 aliphatic carbocycles. The Morgan fingerprint density at radius 1 is 1.25 bits per heavy atom. The summed E-state index contributed by atoms with van der Waals surface area (Å²) in [7, 11) is 0. The third-order valence-corrected chi connectivity index (χ3v) is 3.38. The van der Waals surface area contributed by atoms with Crippen LogP contribution in [0, 0.1) is 6.92 Å². The standard InChI is InChI=1S/C15H16BrN3O/c1-11-3-2-9-17-14(11)19-15(20)18-10-8-12-4-6-13(16)7-5-12/h2-7,9H,8,10H2,1H3,(H2,17,18,19,20). The predicted octanol–water partition coefficient (Wildman–Crippen LogP) is 3.52. The van der Waals surface area contributed by atoms with Gasteiger partial charge in [0.2, 0.25) is 0 Å². The van der Waals surface area contributed by atoms with E-state index in [1.807, 2.05) is 43.3 Å². The molecule has 1 heterocycles. The zero-order chi connectivity index (χ0) is 14.4. The van der Waals surface area contributed by atoms with Gasteiger partial charge in [-0.2, -0.15) is 0 Å². The molecule has 0 fully saturated rings. The molecule has 4 nitrogen and oxygen atoms in total. The summed E-state index contributed by atoms with van der Waals surface area (Å²) in [5.41, 5.74) is 2.12. The van der Waals surface area contributed by atoms with Crippen LogP contribution in [0.5, 0.6) is 0 Å². The number of benzene rings is 1. The molecule has 2 aromatic rings. The molecular formula is C15H16BrN3O. The molecule has 0 aliphatic heterocycles. The molecule has 2 amide bonds. The molecule has 5 heteroatoms. The van der Waals surface area contributed by atoms with Crippen molar-refractivity contribution in [3.63, 3.8) is 0 Å². The van der Waals surface area contributed by atoms with Crippen molar-refractivity contribution in [3.05, 3.63) is 58.2 Å². The maximum atomic E-state index is 11.7. The van der Waals surface area contributed by atoms with E-state index in [4.69, 9.17) is 0 Å². The molecule has 104 valence electrons. The zero-order valence-corrected chi connectivity index (χ0v) is 12.8. The van der Waals surface area contributed by atoms with E-state index in [2.05, 4.69) is 31.5 Å². The Morgan fingerprint density at radius 2 is 2.00 bits per heavy atom. The van der Waals surface area contributed by atoms with E-state index in [0.717, 1.165) is 16.5 Å². The van der Waals surface area contributed by atoms with Crippen LogP contribution in [0.2, 0.25) is 0 Å². The normalized spacial score (nSPS) is 10.1. The second-order valence-corrected chi connectivity index (χ2v) is 5.34. The molecule has 0 saturated carbocycles. The average molecular weight is 334 g/mol. The first kappa shape index (κ1) is 14.5. The minimum Gasteiger partial charge on any atom is -0.337 e. The summed E-state index contributed by atoms with van der Waals surface area (Å²) in [6, 6.07) is 11.6. The second-order valence-electron chi connectivity index (χ2n) is 4.43. The fraction of sp³-hybridized carbons (Fsp3) is 0.200. The van der Waals surface area contributed by atoms with E-state index < -0.39 is 0 Å². The average Bonchev–Trinajstić information content (AvgIpc) is 2.44. The van der Waals surface area contributed by atoms with Gasteiger partial charge in [0, 0.05) is 17.2 Å². The molecule has 1 aromatic heterocycles. The first-order chi connectivity index (χ1) is 9.65. The van der Waals surface area contributed by atoms with Crippen molar-refractivity contribution in [2.75, 3.05) is 11.9 Å². The summed E-state index contributed by atoms with van der Waals surface area (Å²) in [6.07, 6.45) is 2.45. The van der Waals surface area contributed by atoms with E-state index in [1.165, 1.54) is 5.56 Å². The highest BCUT2D eigenvalue weighted by Crippen LogP contribution is 2.11. The fourth-order valence-electron chi connectivity index (χ4n) is 1.74. The first-order valence-corrected chi connectivity index (χ1v) is 7.15. The number of aromatic nitrogens is 1. The lowest BCUT2D eigenvalue weighted by Crippen LogP contribution is -2.31. The van der Waals surface area contributed by atoms with Gasteiger partial charge in [0.1, 0.15) is 5.82 Å². The molecule has 2 N–H and O–H groups in total. The molecule has 0 atom stereocenters. The molecule has 1 aromatic carbocycles. The molecule has 0 bridgehead atoms. The van der Waals surface area contributed by atoms with Crippen LogP contribution < -0.4 is 10.6 Å². The quantitative estimate of drug-likeness (QED) is 0.899. The smallest absolute Gasteiger partial charge is 0.320 e. The van der Waals surface area contributed by atoms with Crippen LogP contribution in [0.4, 0.5) is 10.6 Å². The molecule has 0 saturated heterocycles. The van der Waals surface area contributed by atoms with E-state index in [-0.39, 0.29) is 6.03 Å². The topological polar surface area (TPSA) is 54.0 Å². The molecular weight excluding hydrogens is 318 g/mol. The number of rotatable bonds is 4. The van der Waals surface area contributed by atoms with Crippen molar-refractivity contribution in [1.82, 2.24) is 10.3 Å². The van der Waals surface area contributed by atoms with Gasteiger partial charge in [-0.15, -0.1) is 0 Å². The molecule has 0 spiro atoms. The third-order valence-electron chi connectivity index (χ3n) is 2.85. The number of nitrogens with one attached hydrogen (secondary N) is 2. The van der Waals surface area contributed by atoms with Gasteiger partial charge in [-0.3, -0.25) is 5.32 Å². The van der Waals surface area contributed by atoms with Crippen molar-refractivity contribution in [3.8, 4) is 0 Å². The van der Waals surface area contributed by atoms with Gasteiger partial charge in [0.15, 0.2) is 0 Å². The minimum atomic E-state index is -0.232. The van der Waals surface area contributed by atoms with Gasteiger partial charge in [-0.1, -0.05) is 34.1 Å². The monoisotopic (exact) mass is 333 g/mol. The molecule has 0 unspecified atom stereocenters. The van der Waals surface area contributed by atoms with Gasteiger partial charge < -0.3 is 5.32 Å². The number of carbonyl (C=O) groups excluding carboxylic acids is 1.